The van der Waals surface area contributed by atoms with E-state index in [0.717, 1.165) is 4.90 Å². The van der Waals surface area contributed by atoms with Crippen LogP contribution in [0.3, 0.4) is 0 Å². The van der Waals surface area contributed by atoms with E-state index in [2.05, 4.69) is 20.7 Å². The monoisotopic (exact) mass is 434 g/mol. The highest BCUT2D eigenvalue weighted by molar-refractivity contribution is 6.10. The lowest BCUT2D eigenvalue weighted by atomic mass is 9.92. The fraction of sp³-hybridized carbons (Fsp3) is 0.227. The number of urea groups is 1. The quantitative estimate of drug-likeness (QED) is 0.522. The lowest BCUT2D eigenvalue weighted by Gasteiger charge is -2.22. The fourth-order valence-corrected chi connectivity index (χ4v) is 3.42. The summed E-state index contributed by atoms with van der Waals surface area (Å²) < 4.78 is 7.32. The van der Waals surface area contributed by atoms with Gasteiger partial charge >= 0.3 is 6.03 Å². The maximum absolute atomic E-state index is 12.9. The van der Waals surface area contributed by atoms with E-state index in [9.17, 15) is 14.4 Å². The zero-order chi connectivity index (χ0) is 22.6. The van der Waals surface area contributed by atoms with Crippen LogP contribution in [0.25, 0.3) is 0 Å². The van der Waals surface area contributed by atoms with Crippen LogP contribution in [0, 0.1) is 0 Å². The average Bonchev–Trinajstić information content (AvgIpc) is 3.38. The molecule has 32 heavy (non-hydrogen) atoms. The third-order valence-corrected chi connectivity index (χ3v) is 5.10. The van der Waals surface area contributed by atoms with Crippen LogP contribution in [-0.4, -0.2) is 50.7 Å². The Bertz CT molecular complexity index is 1120. The number of nitrogens with one attached hydrogen (secondary N) is 2. The SMILES string of the molecule is CC1(c2ccccc2)NC(=O)N(CC(=O)Nc2cccc(OCCn3cncn3)c2)C1=O. The third-order valence-electron chi connectivity index (χ3n) is 5.10. The van der Waals surface area contributed by atoms with Crippen LogP contribution in [0.4, 0.5) is 10.5 Å². The summed E-state index contributed by atoms with van der Waals surface area (Å²) in [5, 5.41) is 9.39. The standard InChI is InChI=1S/C22H22N6O4/c1-22(16-6-3-2-4-7-16)20(30)28(21(31)26-22)13-19(29)25-17-8-5-9-18(12-17)32-11-10-27-15-23-14-24-27/h2-9,12,14-15H,10-11,13H2,1H3,(H,25,29)(H,26,31). The number of hydrogen-bond donors (Lipinski definition) is 2. The number of imide groups is 1. The molecule has 3 aromatic rings. The Morgan fingerprint density at radius 3 is 2.72 bits per heavy atom. The molecule has 2 N–H and O–H groups in total. The van der Waals surface area contributed by atoms with Crippen molar-refractivity contribution in [2.45, 2.75) is 19.0 Å². The third kappa shape index (κ3) is 4.43. The van der Waals surface area contributed by atoms with Gasteiger partial charge in [0.1, 0.15) is 37.1 Å². The lowest BCUT2D eigenvalue weighted by Crippen LogP contribution is -2.42. The molecule has 1 aromatic heterocycles. The first-order valence-corrected chi connectivity index (χ1v) is 10.0. The molecule has 0 bridgehead atoms. The van der Waals surface area contributed by atoms with Gasteiger partial charge in [0.15, 0.2) is 0 Å². The van der Waals surface area contributed by atoms with Crippen molar-refractivity contribution in [3.05, 3.63) is 72.8 Å². The highest BCUT2D eigenvalue weighted by atomic mass is 16.5. The number of nitrogens with zero attached hydrogens (tertiary/aromatic N) is 4. The molecule has 4 rings (SSSR count). The number of carbonyl (C=O) groups is 3. The van der Waals surface area contributed by atoms with E-state index in [0.29, 0.717) is 30.2 Å². The van der Waals surface area contributed by atoms with Crippen LogP contribution in [0.2, 0.25) is 0 Å². The van der Waals surface area contributed by atoms with Crippen LogP contribution in [0.15, 0.2) is 67.3 Å². The van der Waals surface area contributed by atoms with E-state index in [1.165, 1.54) is 6.33 Å². The Morgan fingerprint density at radius 1 is 1.16 bits per heavy atom. The maximum atomic E-state index is 12.9. The smallest absolute Gasteiger partial charge is 0.325 e. The molecular weight excluding hydrogens is 412 g/mol. The van der Waals surface area contributed by atoms with Crippen molar-refractivity contribution >= 4 is 23.5 Å². The van der Waals surface area contributed by atoms with E-state index in [4.69, 9.17) is 4.74 Å². The second-order valence-corrected chi connectivity index (χ2v) is 7.40. The predicted molar refractivity (Wildman–Crippen MR) is 115 cm³/mol. The number of ether oxygens (including phenoxy) is 1. The van der Waals surface area contributed by atoms with Gasteiger partial charge in [-0.25, -0.2) is 14.5 Å². The average molecular weight is 434 g/mol. The Labute approximate surface area is 184 Å². The van der Waals surface area contributed by atoms with Gasteiger partial charge in [-0.1, -0.05) is 36.4 Å². The van der Waals surface area contributed by atoms with Crippen molar-refractivity contribution in [1.82, 2.24) is 25.0 Å². The Kier molecular flexibility index (Phi) is 5.84. The number of benzene rings is 2. The molecular formula is C22H22N6O4. The predicted octanol–water partition coefficient (Wildman–Crippen LogP) is 1.76. The van der Waals surface area contributed by atoms with E-state index in [1.807, 2.05) is 6.07 Å². The topological polar surface area (TPSA) is 118 Å². The maximum Gasteiger partial charge on any atom is 0.325 e. The first-order valence-electron chi connectivity index (χ1n) is 10.0. The zero-order valence-corrected chi connectivity index (χ0v) is 17.4. The van der Waals surface area contributed by atoms with Gasteiger partial charge in [-0.3, -0.25) is 14.5 Å². The van der Waals surface area contributed by atoms with E-state index in [1.54, 1.807) is 66.5 Å². The largest absolute Gasteiger partial charge is 0.492 e. The van der Waals surface area contributed by atoms with Gasteiger partial charge in [-0.15, -0.1) is 0 Å². The van der Waals surface area contributed by atoms with E-state index < -0.39 is 29.9 Å². The lowest BCUT2D eigenvalue weighted by molar-refractivity contribution is -0.133. The Balaban J connectivity index is 1.35. The van der Waals surface area contributed by atoms with Crippen molar-refractivity contribution in [3.8, 4) is 5.75 Å². The molecule has 10 nitrogen and oxygen atoms in total. The minimum absolute atomic E-state index is 0.376. The van der Waals surface area contributed by atoms with Gasteiger partial charge in [0.2, 0.25) is 5.91 Å². The molecule has 1 saturated heterocycles. The highest BCUT2D eigenvalue weighted by Gasteiger charge is 2.49. The summed E-state index contributed by atoms with van der Waals surface area (Å²) in [7, 11) is 0. The van der Waals surface area contributed by atoms with Gasteiger partial charge in [0.25, 0.3) is 5.91 Å². The molecule has 1 aliphatic rings. The molecule has 1 atom stereocenters. The number of carbonyl (C=O) groups excluding carboxylic acids is 3. The first-order chi connectivity index (χ1) is 15.5. The number of aromatic nitrogens is 3. The minimum Gasteiger partial charge on any atom is -0.492 e. The molecule has 2 heterocycles. The molecule has 1 unspecified atom stereocenters. The van der Waals surface area contributed by atoms with Gasteiger partial charge in [0.05, 0.1) is 6.54 Å². The van der Waals surface area contributed by atoms with Crippen LogP contribution < -0.4 is 15.4 Å². The number of anilines is 1. The summed E-state index contributed by atoms with van der Waals surface area (Å²) in [6, 6.07) is 15.2. The summed E-state index contributed by atoms with van der Waals surface area (Å²) in [4.78, 5) is 42.7. The summed E-state index contributed by atoms with van der Waals surface area (Å²) in [6.07, 6.45) is 3.04. The fourth-order valence-electron chi connectivity index (χ4n) is 3.42. The van der Waals surface area contributed by atoms with Crippen LogP contribution in [-0.2, 0) is 21.7 Å². The van der Waals surface area contributed by atoms with Crippen LogP contribution >= 0.6 is 0 Å². The zero-order valence-electron chi connectivity index (χ0n) is 17.4. The van der Waals surface area contributed by atoms with Crippen LogP contribution in [0.1, 0.15) is 12.5 Å². The normalized spacial score (nSPS) is 17.8. The molecule has 0 radical (unpaired) electrons. The van der Waals surface area contributed by atoms with Crippen molar-refractivity contribution in [2.75, 3.05) is 18.5 Å². The molecule has 1 fully saturated rings. The van der Waals surface area contributed by atoms with Gasteiger partial charge < -0.3 is 15.4 Å². The highest BCUT2D eigenvalue weighted by Crippen LogP contribution is 2.28. The number of amides is 4. The van der Waals surface area contributed by atoms with Gasteiger partial charge in [0, 0.05) is 11.8 Å². The van der Waals surface area contributed by atoms with Crippen molar-refractivity contribution < 1.29 is 19.1 Å². The molecule has 0 saturated carbocycles. The molecule has 0 aliphatic carbocycles. The number of hydrogen-bond acceptors (Lipinski definition) is 6. The summed E-state index contributed by atoms with van der Waals surface area (Å²) in [5.41, 5.74) is -0.0700. The van der Waals surface area contributed by atoms with Crippen LogP contribution in [0.5, 0.6) is 5.75 Å². The first kappa shape index (κ1) is 21.0. The Hall–Kier alpha value is -4.21. The second kappa shape index (κ2) is 8.88. The van der Waals surface area contributed by atoms with Crippen molar-refractivity contribution in [2.24, 2.45) is 0 Å². The van der Waals surface area contributed by atoms with E-state index >= 15 is 0 Å². The second-order valence-electron chi connectivity index (χ2n) is 7.40. The number of rotatable bonds is 8. The van der Waals surface area contributed by atoms with Gasteiger partial charge in [-0.2, -0.15) is 5.10 Å². The molecule has 0 spiro atoms. The molecule has 1 aliphatic heterocycles. The molecule has 4 amide bonds. The van der Waals surface area contributed by atoms with Crippen molar-refractivity contribution in [3.63, 3.8) is 0 Å². The summed E-state index contributed by atoms with van der Waals surface area (Å²) in [6.45, 7) is 2.13. The summed E-state index contributed by atoms with van der Waals surface area (Å²) >= 11 is 0. The van der Waals surface area contributed by atoms with Crippen molar-refractivity contribution in [1.29, 1.82) is 0 Å². The Morgan fingerprint density at radius 2 is 1.97 bits per heavy atom. The minimum atomic E-state index is -1.21. The van der Waals surface area contributed by atoms with Gasteiger partial charge in [-0.05, 0) is 24.6 Å². The van der Waals surface area contributed by atoms with E-state index in [-0.39, 0.29) is 0 Å². The molecule has 2 aromatic carbocycles. The summed E-state index contributed by atoms with van der Waals surface area (Å²) in [5.74, 6) is -0.408. The molecule has 10 heteroatoms. The molecule has 164 valence electrons.